The van der Waals surface area contributed by atoms with Crippen LogP contribution in [0.3, 0.4) is 0 Å². The van der Waals surface area contributed by atoms with Gasteiger partial charge in [0.1, 0.15) is 39.5 Å². The zero-order valence-corrected chi connectivity index (χ0v) is 27.9. The molecule has 0 aliphatic heterocycles. The highest BCUT2D eigenvalue weighted by atomic mass is 16.5. The van der Waals surface area contributed by atoms with Crippen LogP contribution in [0.2, 0.25) is 0 Å². The van der Waals surface area contributed by atoms with Gasteiger partial charge in [-0.1, -0.05) is 63.2 Å². The highest BCUT2D eigenvalue weighted by Gasteiger charge is 1.93. The van der Waals surface area contributed by atoms with Crippen molar-refractivity contribution in [2.75, 3.05) is 46.2 Å². The van der Waals surface area contributed by atoms with Gasteiger partial charge in [0.05, 0.1) is 0 Å². The molecule has 0 aromatic carbocycles. The monoisotopic (exact) mass is 664 g/mol. The van der Waals surface area contributed by atoms with Crippen LogP contribution in [0.1, 0.15) is 59.8 Å². The number of terminal acetylenes is 2. The third-order valence-corrected chi connectivity index (χ3v) is 3.06. The second-order valence-corrected chi connectivity index (χ2v) is 6.67. The van der Waals surface area contributed by atoms with Crippen LogP contribution in [0.15, 0.2) is 0 Å². The number of aliphatic hydroxyl groups excluding tert-OH is 5. The highest BCUT2D eigenvalue weighted by Crippen LogP contribution is 1.82. The predicted molar refractivity (Wildman–Crippen MR) is 183 cm³/mol. The molecule has 11 nitrogen and oxygen atoms in total. The molecule has 0 aliphatic rings. The maximum Gasteiger partial charge on any atom is 0.315 e. The van der Waals surface area contributed by atoms with E-state index in [2.05, 4.69) is 105 Å². The lowest BCUT2D eigenvalue weighted by Crippen LogP contribution is -2.01. The highest BCUT2D eigenvalue weighted by molar-refractivity contribution is 5.70. The number of rotatable bonds is 5. The normalized spacial score (nSPS) is 6.56. The van der Waals surface area contributed by atoms with Gasteiger partial charge in [-0.25, -0.2) is 0 Å². The Kier molecular flexibility index (Phi) is 68.9. The van der Waals surface area contributed by atoms with Crippen LogP contribution in [-0.4, -0.2) is 94.8 Å². The molecular weight excluding hydrogens is 620 g/mol. The number of carbonyl (C=O) groups is 3. The van der Waals surface area contributed by atoms with E-state index in [4.69, 9.17) is 37.1 Å². The van der Waals surface area contributed by atoms with Gasteiger partial charge in [-0.15, -0.1) is 24.7 Å². The lowest BCUT2D eigenvalue weighted by Gasteiger charge is -1.93. The Morgan fingerprint density at radius 2 is 0.833 bits per heavy atom. The molecule has 0 aromatic rings. The van der Waals surface area contributed by atoms with Gasteiger partial charge in [0.25, 0.3) is 0 Å². The van der Waals surface area contributed by atoms with E-state index in [0.29, 0.717) is 12.8 Å². The summed E-state index contributed by atoms with van der Waals surface area (Å²) in [6.45, 7) is 6.62. The van der Waals surface area contributed by atoms with Gasteiger partial charge in [-0.3, -0.25) is 14.4 Å². The number of esters is 2. The molecule has 0 saturated heterocycles. The molecule has 0 bridgehead atoms. The predicted octanol–water partition coefficient (Wildman–Crippen LogP) is 0.371. The van der Waals surface area contributed by atoms with Crippen LogP contribution in [0.4, 0.5) is 0 Å². The number of carboxylic acid groups (broad SMARTS) is 1. The molecule has 0 spiro atoms. The van der Waals surface area contributed by atoms with E-state index < -0.39 is 5.97 Å². The Labute approximate surface area is 285 Å². The molecule has 0 heterocycles. The molecule has 0 aliphatic carbocycles. The molecule has 0 aromatic heterocycles. The first-order chi connectivity index (χ1) is 23.1. The van der Waals surface area contributed by atoms with Crippen molar-refractivity contribution in [3.63, 3.8) is 0 Å². The second-order valence-electron chi connectivity index (χ2n) is 6.67. The van der Waals surface area contributed by atoms with Gasteiger partial charge in [-0.05, 0) is 47.4 Å². The van der Waals surface area contributed by atoms with Crippen LogP contribution in [-0.2, 0) is 23.9 Å². The standard InChI is InChI=1S/C10H10O4.C9H10O3.C6H6O2.C5H8O.C4H6.C3H4O/c1-2-10(13)14-8-6-4-3-5-7-9(11)12;1-2-9(11)12-8-6-4-3-5-7-10;7-5-3-1-2-4-6-8;1-2-3-4-5-6;1-3-4-2;1-2-3-4/h2,7-8H2,1H3,(H,11,12);10H,2,7-8H2,1H3;7-8H,5-6H2;6H,2,5H2,1H3;1H,4H2,2H3;1,4H,3H2. The lowest BCUT2D eigenvalue weighted by atomic mass is 10.4. The van der Waals surface area contributed by atoms with Crippen molar-refractivity contribution in [3.05, 3.63) is 0 Å². The summed E-state index contributed by atoms with van der Waals surface area (Å²) in [5, 5.41) is 48.2. The van der Waals surface area contributed by atoms with Crippen molar-refractivity contribution in [3.8, 4) is 108 Å². The fraction of sp³-hybridized carbons (Fsp3) is 0.432. The molecule has 0 fully saturated rings. The zero-order valence-electron chi connectivity index (χ0n) is 27.9. The second kappa shape index (κ2) is 60.4. The fourth-order valence-electron chi connectivity index (χ4n) is 1.19. The van der Waals surface area contributed by atoms with Crippen molar-refractivity contribution in [1.29, 1.82) is 0 Å². The van der Waals surface area contributed by atoms with Gasteiger partial charge < -0.3 is 40.1 Å². The van der Waals surface area contributed by atoms with Crippen LogP contribution in [0, 0.1) is 108 Å². The molecule has 0 saturated carbocycles. The van der Waals surface area contributed by atoms with E-state index in [9.17, 15) is 14.4 Å². The minimum Gasteiger partial charge on any atom is -0.481 e. The third kappa shape index (κ3) is 90.0. The number of ether oxygens (including phenoxy) is 2. The number of hydrogen-bond acceptors (Lipinski definition) is 10. The maximum atomic E-state index is 10.6. The van der Waals surface area contributed by atoms with E-state index in [1.165, 1.54) is 0 Å². The summed E-state index contributed by atoms with van der Waals surface area (Å²) >= 11 is 0. The molecule has 0 atom stereocenters. The van der Waals surface area contributed by atoms with E-state index in [0.717, 1.165) is 12.8 Å². The first-order valence-corrected chi connectivity index (χ1v) is 13.9. The quantitative estimate of drug-likeness (QED) is 0.176. The summed E-state index contributed by atoms with van der Waals surface area (Å²) in [6, 6.07) is 0. The van der Waals surface area contributed by atoms with E-state index in [1.54, 1.807) is 13.8 Å². The molecule has 6 N–H and O–H groups in total. The summed E-state index contributed by atoms with van der Waals surface area (Å²) < 4.78 is 9.25. The smallest absolute Gasteiger partial charge is 0.315 e. The third-order valence-electron chi connectivity index (χ3n) is 3.06. The largest absolute Gasteiger partial charge is 0.481 e. The molecular formula is C37H44O11. The topological polar surface area (TPSA) is 191 Å². The Morgan fingerprint density at radius 3 is 1.06 bits per heavy atom. The Morgan fingerprint density at radius 1 is 0.500 bits per heavy atom. The summed E-state index contributed by atoms with van der Waals surface area (Å²) in [5.74, 6) is 36.4. The van der Waals surface area contributed by atoms with Crippen molar-refractivity contribution >= 4 is 17.9 Å². The molecule has 48 heavy (non-hydrogen) atoms. The Balaban J connectivity index is -0.000000117. The molecule has 0 radical (unpaired) electrons. The number of carboxylic acids is 1. The lowest BCUT2D eigenvalue weighted by molar-refractivity contribution is -0.142. The molecule has 0 unspecified atom stereocenters. The van der Waals surface area contributed by atoms with Crippen LogP contribution >= 0.6 is 0 Å². The number of aliphatic hydroxyl groups is 5. The first-order valence-electron chi connectivity index (χ1n) is 13.9. The van der Waals surface area contributed by atoms with Crippen molar-refractivity contribution in [1.82, 2.24) is 0 Å². The molecule has 0 amide bonds. The van der Waals surface area contributed by atoms with Gasteiger partial charge in [0.15, 0.2) is 13.2 Å². The summed E-state index contributed by atoms with van der Waals surface area (Å²) in [7, 11) is 0. The maximum absolute atomic E-state index is 10.6. The van der Waals surface area contributed by atoms with Gasteiger partial charge in [0, 0.05) is 25.7 Å². The number of hydrogen-bond donors (Lipinski definition) is 6. The summed E-state index contributed by atoms with van der Waals surface area (Å²) in [4.78, 5) is 31.1. The summed E-state index contributed by atoms with van der Waals surface area (Å²) in [5.41, 5.74) is 0. The number of carbonyl (C=O) groups excluding carboxylic acids is 2. The SMILES string of the molecule is C#CCC.C#CCO.CCC#CCO.CCC(=O)OCC#CC#CCC(=O)O.CCC(=O)OCC#CC#CCO.OCC#CC#CCO. The summed E-state index contributed by atoms with van der Waals surface area (Å²) in [6.07, 6.45) is 11.4. The minimum atomic E-state index is -0.989. The Hall–Kier alpha value is -5.75. The van der Waals surface area contributed by atoms with Gasteiger partial charge in [-0.2, -0.15) is 0 Å². The van der Waals surface area contributed by atoms with E-state index in [1.807, 2.05) is 19.8 Å². The minimum absolute atomic E-state index is 0.00553. The molecule has 0 rings (SSSR count). The van der Waals surface area contributed by atoms with Crippen molar-refractivity contribution in [2.24, 2.45) is 0 Å². The van der Waals surface area contributed by atoms with Gasteiger partial charge in [0.2, 0.25) is 0 Å². The van der Waals surface area contributed by atoms with E-state index >= 15 is 0 Å². The molecule has 258 valence electrons. The average Bonchev–Trinajstić information content (AvgIpc) is 3.10. The van der Waals surface area contributed by atoms with E-state index in [-0.39, 0.29) is 64.6 Å². The van der Waals surface area contributed by atoms with Crippen LogP contribution in [0.25, 0.3) is 0 Å². The van der Waals surface area contributed by atoms with Crippen molar-refractivity contribution in [2.45, 2.75) is 59.8 Å². The number of aliphatic carboxylic acids is 1. The first kappa shape index (κ1) is 54.7. The van der Waals surface area contributed by atoms with Crippen molar-refractivity contribution < 1.29 is 54.5 Å². The van der Waals surface area contributed by atoms with Gasteiger partial charge >= 0.3 is 17.9 Å². The van der Waals surface area contributed by atoms with Crippen LogP contribution < -0.4 is 0 Å². The zero-order chi connectivity index (χ0) is 37.9. The molecule has 11 heteroatoms. The fourth-order valence-corrected chi connectivity index (χ4v) is 1.19. The Bertz CT molecular complexity index is 1310. The van der Waals surface area contributed by atoms with Crippen LogP contribution in [0.5, 0.6) is 0 Å². The average molecular weight is 665 g/mol.